The van der Waals surface area contributed by atoms with Crippen LogP contribution in [-0.4, -0.2) is 18.8 Å². The van der Waals surface area contributed by atoms with E-state index >= 15 is 0 Å². The summed E-state index contributed by atoms with van der Waals surface area (Å²) in [6.07, 6.45) is 4.17. The molecule has 0 saturated carbocycles. The van der Waals surface area contributed by atoms with E-state index in [0.717, 1.165) is 36.2 Å². The topological polar surface area (TPSA) is 17.1 Å². The van der Waals surface area contributed by atoms with Crippen molar-refractivity contribution in [2.24, 2.45) is 0 Å². The van der Waals surface area contributed by atoms with E-state index < -0.39 is 8.07 Å². The van der Waals surface area contributed by atoms with Crippen LogP contribution in [0.2, 0.25) is 19.1 Å². The molecule has 0 aromatic carbocycles. The fraction of sp³-hybridized carbons (Fsp3) is 0.750. The predicted molar refractivity (Wildman–Crippen MR) is 74.4 cm³/mol. The molecule has 15 heavy (non-hydrogen) atoms. The van der Waals surface area contributed by atoms with Gasteiger partial charge in [0.15, 0.2) is 0 Å². The molecule has 0 aliphatic carbocycles. The normalized spacial score (nSPS) is 11.5. The number of rotatable bonds is 8. The molecule has 0 unspecified atom stereocenters. The minimum absolute atomic E-state index is 0.514. The molecule has 0 bridgehead atoms. The molecule has 0 aromatic heterocycles. The van der Waals surface area contributed by atoms with Crippen molar-refractivity contribution in [1.29, 1.82) is 0 Å². The molecule has 0 radical (unpaired) electrons. The largest absolute Gasteiger partial charge is 0.305 e. The summed E-state index contributed by atoms with van der Waals surface area (Å²) >= 11 is 3.40. The van der Waals surface area contributed by atoms with E-state index in [-0.39, 0.29) is 0 Å². The zero-order valence-corrected chi connectivity index (χ0v) is 12.8. The Hall–Kier alpha value is 0.107. The SMILES string of the molecule is C=C(C)C[Si](C)(C)C(=O)CCCCCBr. The van der Waals surface area contributed by atoms with Crippen LogP contribution in [-0.2, 0) is 4.79 Å². The van der Waals surface area contributed by atoms with Crippen molar-refractivity contribution < 1.29 is 4.79 Å². The molecule has 0 spiro atoms. The second kappa shape index (κ2) is 7.39. The summed E-state index contributed by atoms with van der Waals surface area (Å²) < 4.78 is 0. The highest BCUT2D eigenvalue weighted by atomic mass is 79.9. The molecule has 1 nitrogen and oxygen atoms in total. The fourth-order valence-electron chi connectivity index (χ4n) is 1.75. The number of allylic oxidation sites excluding steroid dienone is 1. The molecule has 0 aromatic rings. The number of alkyl halides is 1. The fourth-order valence-corrected chi connectivity index (χ4v) is 4.70. The molecule has 0 aliphatic rings. The third-order valence-electron chi connectivity index (χ3n) is 2.54. The van der Waals surface area contributed by atoms with E-state index in [1.54, 1.807) is 0 Å². The van der Waals surface area contributed by atoms with Crippen LogP contribution < -0.4 is 0 Å². The Morgan fingerprint density at radius 3 is 2.33 bits per heavy atom. The lowest BCUT2D eigenvalue weighted by atomic mass is 10.2. The van der Waals surface area contributed by atoms with Gasteiger partial charge in [0.1, 0.15) is 13.5 Å². The molecule has 3 heteroatoms. The monoisotopic (exact) mass is 290 g/mol. The first-order valence-corrected chi connectivity index (χ1v) is 9.96. The van der Waals surface area contributed by atoms with Gasteiger partial charge in [0.25, 0.3) is 0 Å². The third kappa shape index (κ3) is 7.07. The van der Waals surface area contributed by atoms with Gasteiger partial charge in [-0.05, 0) is 25.8 Å². The van der Waals surface area contributed by atoms with Crippen molar-refractivity contribution in [2.75, 3.05) is 5.33 Å². The van der Waals surface area contributed by atoms with Crippen molar-refractivity contribution in [3.63, 3.8) is 0 Å². The smallest absolute Gasteiger partial charge is 0.130 e. The second-order valence-electron chi connectivity index (χ2n) is 4.94. The summed E-state index contributed by atoms with van der Waals surface area (Å²) in [7, 11) is -1.68. The maximum Gasteiger partial charge on any atom is 0.130 e. The Bertz CT molecular complexity index is 224. The number of carbonyl (C=O) groups is 1. The second-order valence-corrected chi connectivity index (χ2v) is 10.4. The Morgan fingerprint density at radius 2 is 1.87 bits per heavy atom. The van der Waals surface area contributed by atoms with E-state index in [1.165, 1.54) is 6.42 Å². The molecule has 0 rings (SSSR count). The van der Waals surface area contributed by atoms with Crippen LogP contribution in [0.15, 0.2) is 12.2 Å². The minimum atomic E-state index is -1.68. The Balaban J connectivity index is 3.91. The van der Waals surface area contributed by atoms with Crippen molar-refractivity contribution in [1.82, 2.24) is 0 Å². The summed E-state index contributed by atoms with van der Waals surface area (Å²) in [5.74, 6) is 0. The lowest BCUT2D eigenvalue weighted by molar-refractivity contribution is -0.112. The zero-order valence-electron chi connectivity index (χ0n) is 10.2. The molecule has 0 N–H and O–H groups in total. The van der Waals surface area contributed by atoms with E-state index in [4.69, 9.17) is 0 Å². The summed E-state index contributed by atoms with van der Waals surface area (Å²) in [4.78, 5) is 12.0. The van der Waals surface area contributed by atoms with Crippen molar-refractivity contribution in [3.05, 3.63) is 12.2 Å². The van der Waals surface area contributed by atoms with E-state index in [1.807, 2.05) is 6.92 Å². The Labute approximate surface area is 103 Å². The Kier molecular flexibility index (Phi) is 7.44. The van der Waals surface area contributed by atoms with Gasteiger partial charge in [-0.25, -0.2) is 0 Å². The quantitative estimate of drug-likeness (QED) is 0.281. The van der Waals surface area contributed by atoms with E-state index in [9.17, 15) is 4.79 Å². The molecule has 0 aliphatic heterocycles. The Morgan fingerprint density at radius 1 is 1.27 bits per heavy atom. The first-order valence-electron chi connectivity index (χ1n) is 5.64. The standard InChI is InChI=1S/C12H23BrOSi/c1-11(2)10-15(3,4)12(14)8-6-5-7-9-13/h1,5-10H2,2-4H3. The van der Waals surface area contributed by atoms with E-state index in [2.05, 4.69) is 35.6 Å². The summed E-state index contributed by atoms with van der Waals surface area (Å²) in [5, 5.41) is 1.56. The van der Waals surface area contributed by atoms with Gasteiger partial charge in [-0.15, -0.1) is 6.58 Å². The highest BCUT2D eigenvalue weighted by Gasteiger charge is 2.29. The molecule has 0 saturated heterocycles. The average Bonchev–Trinajstić information content (AvgIpc) is 2.10. The lowest BCUT2D eigenvalue weighted by Crippen LogP contribution is -2.37. The molecule has 0 amide bonds. The third-order valence-corrected chi connectivity index (χ3v) is 6.34. The molecule has 0 atom stereocenters. The summed E-state index contributed by atoms with van der Waals surface area (Å²) in [6.45, 7) is 10.3. The first kappa shape index (κ1) is 15.1. The maximum atomic E-state index is 12.0. The van der Waals surface area contributed by atoms with Gasteiger partial charge in [0.2, 0.25) is 0 Å². The van der Waals surface area contributed by atoms with Crippen molar-refractivity contribution in [3.8, 4) is 0 Å². The van der Waals surface area contributed by atoms with Gasteiger partial charge in [-0.2, -0.15) is 0 Å². The van der Waals surface area contributed by atoms with Gasteiger partial charge in [-0.3, -0.25) is 0 Å². The molecular formula is C12H23BrOSi. The average molecular weight is 291 g/mol. The van der Waals surface area contributed by atoms with Crippen LogP contribution in [0, 0.1) is 0 Å². The highest BCUT2D eigenvalue weighted by Crippen LogP contribution is 2.19. The van der Waals surface area contributed by atoms with Crippen LogP contribution in [0.1, 0.15) is 32.6 Å². The van der Waals surface area contributed by atoms with Crippen LogP contribution in [0.4, 0.5) is 0 Å². The lowest BCUT2D eigenvalue weighted by Gasteiger charge is -2.20. The van der Waals surface area contributed by atoms with Crippen molar-refractivity contribution >= 4 is 29.4 Å². The number of unbranched alkanes of at least 4 members (excludes halogenated alkanes) is 2. The highest BCUT2D eigenvalue weighted by molar-refractivity contribution is 9.09. The molecule has 0 fully saturated rings. The minimum Gasteiger partial charge on any atom is -0.305 e. The van der Waals surface area contributed by atoms with Crippen LogP contribution in [0.3, 0.4) is 0 Å². The number of carbonyl (C=O) groups excluding carboxylic acids is 1. The number of hydrogen-bond donors (Lipinski definition) is 0. The van der Waals surface area contributed by atoms with Gasteiger partial charge in [0.05, 0.1) is 0 Å². The number of halogens is 1. The summed E-state index contributed by atoms with van der Waals surface area (Å²) in [6, 6.07) is 0.949. The van der Waals surface area contributed by atoms with Crippen LogP contribution in [0.25, 0.3) is 0 Å². The van der Waals surface area contributed by atoms with Gasteiger partial charge < -0.3 is 4.79 Å². The van der Waals surface area contributed by atoms with Crippen LogP contribution in [0.5, 0.6) is 0 Å². The zero-order chi connectivity index (χ0) is 11.9. The van der Waals surface area contributed by atoms with Gasteiger partial charge >= 0.3 is 0 Å². The molecule has 0 heterocycles. The van der Waals surface area contributed by atoms with Gasteiger partial charge in [0, 0.05) is 11.8 Å². The molecular weight excluding hydrogens is 268 g/mol. The van der Waals surface area contributed by atoms with Gasteiger partial charge in [-0.1, -0.05) is 41.0 Å². The van der Waals surface area contributed by atoms with Crippen LogP contribution >= 0.6 is 15.9 Å². The predicted octanol–water partition coefficient (Wildman–Crippen LogP) is 4.33. The summed E-state index contributed by atoms with van der Waals surface area (Å²) in [5.41, 5.74) is 1.15. The first-order chi connectivity index (χ1) is 6.90. The number of hydrogen-bond acceptors (Lipinski definition) is 1. The maximum absolute atomic E-state index is 12.0. The van der Waals surface area contributed by atoms with E-state index in [0.29, 0.717) is 5.41 Å². The molecule has 88 valence electrons. The van der Waals surface area contributed by atoms with Crippen molar-refractivity contribution in [2.45, 2.75) is 51.7 Å².